The average molecular weight is 516 g/mol. The molecule has 0 fully saturated rings. The normalized spacial score (nSPS) is 12.0. The fourth-order valence-corrected chi connectivity index (χ4v) is 5.11. The molecule has 1 unspecified atom stereocenters. The first-order valence-corrected chi connectivity index (χ1v) is 13.1. The van der Waals surface area contributed by atoms with Crippen LogP contribution in [-0.2, 0) is 17.8 Å². The Morgan fingerprint density at radius 1 is 1.00 bits per heavy atom. The quantitative estimate of drug-likeness (QED) is 0.228. The molecule has 0 saturated heterocycles. The van der Waals surface area contributed by atoms with Gasteiger partial charge in [-0.3, -0.25) is 14.7 Å². The molecule has 0 aliphatic heterocycles. The highest BCUT2D eigenvalue weighted by Gasteiger charge is 2.28. The number of fused-ring (bicyclic) bond motifs is 1. The van der Waals surface area contributed by atoms with Crippen molar-refractivity contribution in [1.29, 1.82) is 0 Å². The molecule has 0 spiro atoms. The molecule has 39 heavy (non-hydrogen) atoms. The standard InChI is InChI=1S/C31H29N7O/c1-2-16-37-29(24-7-9-26(10-8-24)36-17-15-33-21-36)20-34-31(37)28(18-23-11-13-32-14-12-23)38(22-39)30-19-25-5-3-4-6-27(25)35-30/h3-15,17,19-22,28,35H,2,16,18H2,1H3. The van der Waals surface area contributed by atoms with Gasteiger partial charge in [0.2, 0.25) is 6.41 Å². The number of carbonyl (C=O) groups excluding carboxylic acids is 1. The Hall–Kier alpha value is -4.98. The Morgan fingerprint density at radius 2 is 1.82 bits per heavy atom. The van der Waals surface area contributed by atoms with Crippen molar-refractivity contribution >= 4 is 23.1 Å². The zero-order chi connectivity index (χ0) is 26.6. The van der Waals surface area contributed by atoms with Gasteiger partial charge in [-0.05, 0) is 53.9 Å². The molecule has 0 radical (unpaired) electrons. The third-order valence-corrected chi connectivity index (χ3v) is 7.02. The zero-order valence-electron chi connectivity index (χ0n) is 21.7. The van der Waals surface area contributed by atoms with Crippen LogP contribution in [0, 0.1) is 0 Å². The summed E-state index contributed by atoms with van der Waals surface area (Å²) in [6, 6.07) is 22.1. The molecule has 0 saturated carbocycles. The summed E-state index contributed by atoms with van der Waals surface area (Å²) in [6.07, 6.45) is 13.4. The number of nitrogens with one attached hydrogen (secondary N) is 1. The first kappa shape index (κ1) is 24.4. The second kappa shape index (κ2) is 10.8. The van der Waals surface area contributed by atoms with E-state index in [2.05, 4.69) is 50.7 Å². The van der Waals surface area contributed by atoms with Crippen molar-refractivity contribution < 1.29 is 4.79 Å². The number of aromatic amines is 1. The zero-order valence-corrected chi connectivity index (χ0v) is 21.7. The highest BCUT2D eigenvalue weighted by Crippen LogP contribution is 2.33. The van der Waals surface area contributed by atoms with Crippen LogP contribution >= 0.6 is 0 Å². The van der Waals surface area contributed by atoms with E-state index in [1.165, 1.54) is 0 Å². The molecule has 2 aromatic carbocycles. The molecule has 1 N–H and O–H groups in total. The number of imidazole rings is 2. The van der Waals surface area contributed by atoms with Crippen molar-refractivity contribution in [3.05, 3.63) is 115 Å². The van der Waals surface area contributed by atoms with Gasteiger partial charge in [-0.1, -0.05) is 37.3 Å². The number of aromatic nitrogens is 6. The summed E-state index contributed by atoms with van der Waals surface area (Å²) in [5, 5.41) is 1.05. The molecule has 6 rings (SSSR count). The second-order valence-electron chi connectivity index (χ2n) is 9.50. The topological polar surface area (TPSA) is 84.6 Å². The summed E-state index contributed by atoms with van der Waals surface area (Å²) >= 11 is 0. The maximum absolute atomic E-state index is 12.7. The van der Waals surface area contributed by atoms with E-state index in [-0.39, 0.29) is 6.04 Å². The van der Waals surface area contributed by atoms with Crippen molar-refractivity contribution in [2.75, 3.05) is 4.90 Å². The SMILES string of the molecule is CCCn1c(-c2ccc(-n3ccnc3)cc2)cnc1C(Cc1ccncc1)N(C=O)c1cc2ccccc2[nH]1. The number of pyridine rings is 1. The number of hydrogen-bond acceptors (Lipinski definition) is 4. The number of nitrogens with zero attached hydrogens (tertiary/aromatic N) is 6. The van der Waals surface area contributed by atoms with E-state index >= 15 is 0 Å². The maximum atomic E-state index is 12.7. The lowest BCUT2D eigenvalue weighted by atomic mass is 10.0. The molecular weight excluding hydrogens is 486 g/mol. The molecular formula is C31H29N7O. The average Bonchev–Trinajstić information content (AvgIpc) is 3.74. The van der Waals surface area contributed by atoms with E-state index in [0.717, 1.165) is 64.4 Å². The summed E-state index contributed by atoms with van der Waals surface area (Å²) in [6.45, 7) is 2.93. The first-order valence-electron chi connectivity index (χ1n) is 13.1. The van der Waals surface area contributed by atoms with E-state index in [1.54, 1.807) is 29.8 Å². The molecule has 4 heterocycles. The van der Waals surface area contributed by atoms with Gasteiger partial charge in [0.15, 0.2) is 0 Å². The molecule has 4 aromatic heterocycles. The van der Waals surface area contributed by atoms with Gasteiger partial charge in [0.1, 0.15) is 11.6 Å². The van der Waals surface area contributed by atoms with Crippen LogP contribution in [0.5, 0.6) is 0 Å². The van der Waals surface area contributed by atoms with Crippen molar-refractivity contribution in [3.8, 4) is 16.9 Å². The molecule has 8 heteroatoms. The Kier molecular flexibility index (Phi) is 6.74. The van der Waals surface area contributed by atoms with Crippen LogP contribution < -0.4 is 4.90 Å². The number of carbonyl (C=O) groups is 1. The van der Waals surface area contributed by atoms with Crippen LogP contribution in [0.2, 0.25) is 0 Å². The van der Waals surface area contributed by atoms with Gasteiger partial charge >= 0.3 is 0 Å². The van der Waals surface area contributed by atoms with Crippen molar-refractivity contribution in [1.82, 2.24) is 29.1 Å². The van der Waals surface area contributed by atoms with Crippen LogP contribution in [0.3, 0.4) is 0 Å². The van der Waals surface area contributed by atoms with Gasteiger partial charge in [0.25, 0.3) is 0 Å². The number of para-hydroxylation sites is 1. The van der Waals surface area contributed by atoms with Crippen LogP contribution in [0.4, 0.5) is 5.82 Å². The molecule has 0 bridgehead atoms. The summed E-state index contributed by atoms with van der Waals surface area (Å²) in [5.41, 5.74) is 5.19. The molecule has 0 aliphatic rings. The first-order chi connectivity index (χ1) is 19.2. The lowest BCUT2D eigenvalue weighted by molar-refractivity contribution is -0.108. The van der Waals surface area contributed by atoms with Crippen LogP contribution in [0.25, 0.3) is 27.8 Å². The number of amides is 1. The van der Waals surface area contributed by atoms with E-state index in [9.17, 15) is 4.79 Å². The third kappa shape index (κ3) is 4.84. The molecule has 1 atom stereocenters. The Labute approximate surface area is 226 Å². The fourth-order valence-electron chi connectivity index (χ4n) is 5.11. The number of hydrogen-bond donors (Lipinski definition) is 1. The smallest absolute Gasteiger partial charge is 0.215 e. The van der Waals surface area contributed by atoms with Gasteiger partial charge in [-0.25, -0.2) is 9.97 Å². The van der Waals surface area contributed by atoms with Gasteiger partial charge in [0.05, 0.1) is 24.3 Å². The predicted octanol–water partition coefficient (Wildman–Crippen LogP) is 5.97. The van der Waals surface area contributed by atoms with Gasteiger partial charge < -0.3 is 14.1 Å². The largest absolute Gasteiger partial charge is 0.341 e. The Bertz CT molecular complexity index is 1630. The number of anilines is 1. The third-order valence-electron chi connectivity index (χ3n) is 7.02. The van der Waals surface area contributed by atoms with Crippen molar-refractivity contribution in [2.45, 2.75) is 32.4 Å². The highest BCUT2D eigenvalue weighted by molar-refractivity contribution is 5.88. The monoisotopic (exact) mass is 515 g/mol. The summed E-state index contributed by atoms with van der Waals surface area (Å²) in [5.74, 6) is 1.58. The molecule has 194 valence electrons. The van der Waals surface area contributed by atoms with E-state index in [1.807, 2.05) is 59.4 Å². The van der Waals surface area contributed by atoms with E-state index < -0.39 is 0 Å². The lowest BCUT2D eigenvalue weighted by Gasteiger charge is -2.28. The second-order valence-corrected chi connectivity index (χ2v) is 9.50. The minimum atomic E-state index is -0.330. The highest BCUT2D eigenvalue weighted by atomic mass is 16.1. The van der Waals surface area contributed by atoms with Gasteiger partial charge in [-0.2, -0.15) is 0 Å². The maximum Gasteiger partial charge on any atom is 0.215 e. The minimum absolute atomic E-state index is 0.330. The van der Waals surface area contributed by atoms with Crippen LogP contribution in [-0.4, -0.2) is 35.5 Å². The molecule has 1 amide bonds. The van der Waals surface area contributed by atoms with Crippen LogP contribution in [0.15, 0.2) is 104 Å². The summed E-state index contributed by atoms with van der Waals surface area (Å²) < 4.78 is 4.23. The summed E-state index contributed by atoms with van der Waals surface area (Å²) in [4.78, 5) is 31.2. The molecule has 8 nitrogen and oxygen atoms in total. The Balaban J connectivity index is 1.44. The van der Waals surface area contributed by atoms with Crippen LogP contribution in [0.1, 0.15) is 30.8 Å². The predicted molar refractivity (Wildman–Crippen MR) is 153 cm³/mol. The molecule has 0 aliphatic carbocycles. The van der Waals surface area contributed by atoms with Gasteiger partial charge in [-0.15, -0.1) is 0 Å². The number of H-pyrrole nitrogens is 1. The van der Waals surface area contributed by atoms with Gasteiger partial charge in [0, 0.05) is 54.3 Å². The summed E-state index contributed by atoms with van der Waals surface area (Å²) in [7, 11) is 0. The van der Waals surface area contributed by atoms with Crippen molar-refractivity contribution in [3.63, 3.8) is 0 Å². The van der Waals surface area contributed by atoms with E-state index in [4.69, 9.17) is 4.98 Å². The fraction of sp³-hybridized carbons (Fsp3) is 0.161. The minimum Gasteiger partial charge on any atom is -0.341 e. The lowest BCUT2D eigenvalue weighted by Crippen LogP contribution is -2.31. The number of rotatable bonds is 10. The molecule has 6 aromatic rings. The van der Waals surface area contributed by atoms with E-state index in [0.29, 0.717) is 6.42 Å². The number of benzene rings is 2. The van der Waals surface area contributed by atoms with Crippen molar-refractivity contribution in [2.24, 2.45) is 0 Å². The Morgan fingerprint density at radius 3 is 2.54 bits per heavy atom.